The Morgan fingerprint density at radius 2 is 2.08 bits per heavy atom. The minimum absolute atomic E-state index is 0.153. The predicted octanol–water partition coefficient (Wildman–Crippen LogP) is 0.0741. The summed E-state index contributed by atoms with van der Waals surface area (Å²) in [7, 11) is -0.756. The van der Waals surface area contributed by atoms with Crippen LogP contribution in [0.5, 0.6) is 0 Å². The predicted molar refractivity (Wildman–Crippen MR) is 50.6 cm³/mol. The molecule has 0 aliphatic carbocycles. The molecule has 0 spiro atoms. The highest BCUT2D eigenvalue weighted by Crippen LogP contribution is 1.81. The standard InChI is InChI=1S/C7H16N2O2S/c1-3-8-7(10)9-5-4-6-12(2)11/h3-6H2,1-2H3,(H2,8,9,10). The van der Waals surface area contributed by atoms with Crippen molar-refractivity contribution >= 4 is 16.8 Å². The summed E-state index contributed by atoms with van der Waals surface area (Å²) in [6.07, 6.45) is 2.42. The van der Waals surface area contributed by atoms with Crippen molar-refractivity contribution in [1.82, 2.24) is 10.6 Å². The molecule has 0 radical (unpaired) electrons. The Bertz CT molecular complexity index is 161. The molecule has 0 fully saturated rings. The van der Waals surface area contributed by atoms with Gasteiger partial charge in [0, 0.05) is 35.9 Å². The molecule has 0 aromatic heterocycles. The van der Waals surface area contributed by atoms with Gasteiger partial charge in [0.1, 0.15) is 0 Å². The first kappa shape index (κ1) is 11.4. The van der Waals surface area contributed by atoms with Crippen LogP contribution in [0.25, 0.3) is 0 Å². The van der Waals surface area contributed by atoms with Gasteiger partial charge in [-0.2, -0.15) is 0 Å². The Morgan fingerprint density at radius 1 is 1.42 bits per heavy atom. The number of nitrogens with one attached hydrogen (secondary N) is 2. The quantitative estimate of drug-likeness (QED) is 0.606. The van der Waals surface area contributed by atoms with Crippen LogP contribution in [0.15, 0.2) is 0 Å². The van der Waals surface area contributed by atoms with Gasteiger partial charge < -0.3 is 10.6 Å². The van der Waals surface area contributed by atoms with Crippen LogP contribution in [-0.2, 0) is 10.8 Å². The lowest BCUT2D eigenvalue weighted by molar-refractivity contribution is 0.241. The topological polar surface area (TPSA) is 58.2 Å². The third-order valence-electron chi connectivity index (χ3n) is 1.23. The van der Waals surface area contributed by atoms with Gasteiger partial charge >= 0.3 is 6.03 Å². The maximum Gasteiger partial charge on any atom is 0.314 e. The fourth-order valence-corrected chi connectivity index (χ4v) is 1.25. The second kappa shape index (κ2) is 7.09. The number of rotatable bonds is 5. The molecule has 0 aromatic carbocycles. The Kier molecular flexibility index (Phi) is 6.75. The van der Waals surface area contributed by atoms with E-state index in [4.69, 9.17) is 0 Å². The smallest absolute Gasteiger partial charge is 0.314 e. The molecule has 0 saturated carbocycles. The van der Waals surface area contributed by atoms with E-state index in [0.29, 0.717) is 18.8 Å². The lowest BCUT2D eigenvalue weighted by Gasteiger charge is -2.03. The number of hydrogen-bond donors (Lipinski definition) is 2. The summed E-state index contributed by atoms with van der Waals surface area (Å²) in [5.41, 5.74) is 0. The van der Waals surface area contributed by atoms with Crippen molar-refractivity contribution in [2.45, 2.75) is 13.3 Å². The molecule has 1 atom stereocenters. The summed E-state index contributed by atoms with van der Waals surface area (Å²) in [5, 5.41) is 5.26. The van der Waals surface area contributed by atoms with Gasteiger partial charge in [-0.05, 0) is 13.3 Å². The van der Waals surface area contributed by atoms with Crippen LogP contribution in [0.4, 0.5) is 4.79 Å². The summed E-state index contributed by atoms with van der Waals surface area (Å²) in [5.74, 6) is 0.645. The van der Waals surface area contributed by atoms with Crippen molar-refractivity contribution in [1.29, 1.82) is 0 Å². The van der Waals surface area contributed by atoms with E-state index in [1.54, 1.807) is 6.26 Å². The maximum absolute atomic E-state index is 10.8. The highest BCUT2D eigenvalue weighted by Gasteiger charge is 1.96. The highest BCUT2D eigenvalue weighted by atomic mass is 32.2. The van der Waals surface area contributed by atoms with Crippen molar-refractivity contribution < 1.29 is 9.00 Å². The molecule has 0 aliphatic heterocycles. The largest absolute Gasteiger partial charge is 0.338 e. The number of carbonyl (C=O) groups excluding carboxylic acids is 1. The van der Waals surface area contributed by atoms with Crippen LogP contribution < -0.4 is 10.6 Å². The zero-order valence-corrected chi connectivity index (χ0v) is 8.37. The first-order chi connectivity index (χ1) is 5.66. The fraction of sp³-hybridized carbons (Fsp3) is 0.857. The van der Waals surface area contributed by atoms with Crippen LogP contribution in [0.2, 0.25) is 0 Å². The molecule has 4 nitrogen and oxygen atoms in total. The minimum atomic E-state index is -0.756. The molecule has 0 aliphatic rings. The van der Waals surface area contributed by atoms with E-state index < -0.39 is 10.8 Å². The van der Waals surface area contributed by atoms with E-state index in [0.717, 1.165) is 6.42 Å². The van der Waals surface area contributed by atoms with E-state index >= 15 is 0 Å². The SMILES string of the molecule is CCNC(=O)NCCCS(C)=O. The molecule has 5 heteroatoms. The lowest BCUT2D eigenvalue weighted by atomic mass is 10.5. The van der Waals surface area contributed by atoms with Crippen molar-refractivity contribution in [2.75, 3.05) is 25.1 Å². The summed E-state index contributed by atoms with van der Waals surface area (Å²) in [6, 6.07) is -0.153. The number of carbonyl (C=O) groups is 1. The molecule has 1 unspecified atom stereocenters. The van der Waals surface area contributed by atoms with E-state index in [1.807, 2.05) is 6.92 Å². The molecule has 0 heterocycles. The molecule has 12 heavy (non-hydrogen) atoms. The lowest BCUT2D eigenvalue weighted by Crippen LogP contribution is -2.36. The summed E-state index contributed by atoms with van der Waals surface area (Å²) in [4.78, 5) is 10.8. The van der Waals surface area contributed by atoms with Gasteiger partial charge in [-0.1, -0.05) is 0 Å². The van der Waals surface area contributed by atoms with Crippen LogP contribution in [0, 0.1) is 0 Å². The van der Waals surface area contributed by atoms with Crippen molar-refractivity contribution in [3.05, 3.63) is 0 Å². The number of amides is 2. The summed E-state index contributed by atoms with van der Waals surface area (Å²) in [6.45, 7) is 3.08. The van der Waals surface area contributed by atoms with Crippen LogP contribution in [0.1, 0.15) is 13.3 Å². The number of urea groups is 1. The molecule has 0 bridgehead atoms. The highest BCUT2D eigenvalue weighted by molar-refractivity contribution is 7.84. The van der Waals surface area contributed by atoms with Crippen LogP contribution >= 0.6 is 0 Å². The Balaban J connectivity index is 3.19. The van der Waals surface area contributed by atoms with Gasteiger partial charge in [-0.3, -0.25) is 4.21 Å². The van der Waals surface area contributed by atoms with Crippen molar-refractivity contribution in [3.8, 4) is 0 Å². The first-order valence-corrected chi connectivity index (χ1v) is 5.71. The van der Waals surface area contributed by atoms with E-state index in [-0.39, 0.29) is 6.03 Å². The summed E-state index contributed by atoms with van der Waals surface area (Å²) < 4.78 is 10.6. The molecular weight excluding hydrogens is 176 g/mol. The molecular formula is C7H16N2O2S. The molecule has 0 aromatic rings. The van der Waals surface area contributed by atoms with Gasteiger partial charge in [0.25, 0.3) is 0 Å². The Morgan fingerprint density at radius 3 is 2.58 bits per heavy atom. The zero-order valence-electron chi connectivity index (χ0n) is 7.55. The van der Waals surface area contributed by atoms with Crippen molar-refractivity contribution in [2.24, 2.45) is 0 Å². The van der Waals surface area contributed by atoms with Crippen LogP contribution in [0.3, 0.4) is 0 Å². The average molecular weight is 192 g/mol. The Labute approximate surface area is 75.6 Å². The third-order valence-corrected chi connectivity index (χ3v) is 2.10. The molecule has 72 valence electrons. The second-order valence-electron chi connectivity index (χ2n) is 2.42. The minimum Gasteiger partial charge on any atom is -0.338 e. The van der Waals surface area contributed by atoms with E-state index in [1.165, 1.54) is 0 Å². The molecule has 0 rings (SSSR count). The number of hydrogen-bond acceptors (Lipinski definition) is 2. The average Bonchev–Trinajstić information content (AvgIpc) is 1.98. The Hall–Kier alpha value is -0.580. The van der Waals surface area contributed by atoms with Gasteiger partial charge in [0.05, 0.1) is 0 Å². The van der Waals surface area contributed by atoms with Gasteiger partial charge in [-0.15, -0.1) is 0 Å². The fourth-order valence-electron chi connectivity index (χ4n) is 0.700. The molecule has 0 saturated heterocycles. The van der Waals surface area contributed by atoms with Crippen molar-refractivity contribution in [3.63, 3.8) is 0 Å². The van der Waals surface area contributed by atoms with E-state index in [2.05, 4.69) is 10.6 Å². The third kappa shape index (κ3) is 7.53. The zero-order chi connectivity index (χ0) is 9.40. The molecule has 2 N–H and O–H groups in total. The van der Waals surface area contributed by atoms with Gasteiger partial charge in [-0.25, -0.2) is 4.79 Å². The first-order valence-electron chi connectivity index (χ1n) is 3.98. The normalized spacial score (nSPS) is 12.2. The maximum atomic E-state index is 10.8. The molecule has 2 amide bonds. The van der Waals surface area contributed by atoms with Crippen LogP contribution in [-0.4, -0.2) is 35.3 Å². The van der Waals surface area contributed by atoms with Gasteiger partial charge in [0.2, 0.25) is 0 Å². The van der Waals surface area contributed by atoms with Gasteiger partial charge in [0.15, 0.2) is 0 Å². The summed E-state index contributed by atoms with van der Waals surface area (Å²) >= 11 is 0. The monoisotopic (exact) mass is 192 g/mol. The second-order valence-corrected chi connectivity index (χ2v) is 3.97. The van der Waals surface area contributed by atoms with E-state index in [9.17, 15) is 9.00 Å².